The molecule has 0 aliphatic carbocycles. The van der Waals surface area contributed by atoms with Gasteiger partial charge in [-0.1, -0.05) is 18.2 Å². The highest BCUT2D eigenvalue weighted by Crippen LogP contribution is 2.28. The van der Waals surface area contributed by atoms with Gasteiger partial charge < -0.3 is 15.7 Å². The monoisotopic (exact) mass is 324 g/mol. The number of nitrogens with two attached hydrogens (primary N) is 1. The summed E-state index contributed by atoms with van der Waals surface area (Å²) >= 11 is 0. The third kappa shape index (κ3) is 2.51. The fourth-order valence-electron chi connectivity index (χ4n) is 3.16. The quantitative estimate of drug-likeness (QED) is 0.749. The second-order valence-electron chi connectivity index (χ2n) is 6.33. The van der Waals surface area contributed by atoms with Crippen molar-refractivity contribution in [3.05, 3.63) is 42.9 Å². The SMILES string of the molecule is NC1(CO)CCN(c2ncnc3c2cnn3-c2ccccc2)CC1. The van der Waals surface area contributed by atoms with E-state index in [0.29, 0.717) is 0 Å². The molecule has 0 radical (unpaired) electrons. The van der Waals surface area contributed by atoms with Crippen molar-refractivity contribution >= 4 is 16.9 Å². The molecule has 1 saturated heterocycles. The van der Waals surface area contributed by atoms with Gasteiger partial charge in [0, 0.05) is 18.6 Å². The number of aliphatic hydroxyl groups excluding tert-OH is 1. The molecule has 1 fully saturated rings. The lowest BCUT2D eigenvalue weighted by Crippen LogP contribution is -2.53. The van der Waals surface area contributed by atoms with Gasteiger partial charge in [0.05, 0.1) is 23.9 Å². The molecule has 0 atom stereocenters. The van der Waals surface area contributed by atoms with Gasteiger partial charge >= 0.3 is 0 Å². The van der Waals surface area contributed by atoms with E-state index in [0.717, 1.165) is 48.5 Å². The second-order valence-corrected chi connectivity index (χ2v) is 6.33. The van der Waals surface area contributed by atoms with E-state index in [4.69, 9.17) is 5.73 Å². The number of aliphatic hydroxyl groups is 1. The molecule has 3 N–H and O–H groups in total. The fourth-order valence-corrected chi connectivity index (χ4v) is 3.16. The molecule has 4 rings (SSSR count). The minimum atomic E-state index is -0.475. The first-order chi connectivity index (χ1) is 11.7. The van der Waals surface area contributed by atoms with E-state index in [-0.39, 0.29) is 6.61 Å². The highest BCUT2D eigenvalue weighted by Gasteiger charge is 2.31. The van der Waals surface area contributed by atoms with Crippen LogP contribution >= 0.6 is 0 Å². The van der Waals surface area contributed by atoms with Crippen LogP contribution in [-0.4, -0.2) is 50.1 Å². The molecule has 24 heavy (non-hydrogen) atoms. The smallest absolute Gasteiger partial charge is 0.168 e. The van der Waals surface area contributed by atoms with Crippen molar-refractivity contribution in [3.63, 3.8) is 0 Å². The van der Waals surface area contributed by atoms with E-state index >= 15 is 0 Å². The zero-order valence-electron chi connectivity index (χ0n) is 13.3. The van der Waals surface area contributed by atoms with Crippen LogP contribution in [0.4, 0.5) is 5.82 Å². The van der Waals surface area contributed by atoms with Gasteiger partial charge in [0.2, 0.25) is 0 Å². The Morgan fingerprint density at radius 3 is 2.58 bits per heavy atom. The van der Waals surface area contributed by atoms with Gasteiger partial charge in [0.25, 0.3) is 0 Å². The van der Waals surface area contributed by atoms with Crippen molar-refractivity contribution in [3.8, 4) is 5.69 Å². The summed E-state index contributed by atoms with van der Waals surface area (Å²) in [4.78, 5) is 11.1. The lowest BCUT2D eigenvalue weighted by atomic mass is 9.89. The summed E-state index contributed by atoms with van der Waals surface area (Å²) < 4.78 is 1.82. The summed E-state index contributed by atoms with van der Waals surface area (Å²) in [5, 5.41) is 14.8. The Labute approximate surface area is 139 Å². The van der Waals surface area contributed by atoms with E-state index in [2.05, 4.69) is 20.0 Å². The van der Waals surface area contributed by atoms with Gasteiger partial charge in [-0.3, -0.25) is 0 Å². The van der Waals surface area contributed by atoms with Crippen LogP contribution in [0.5, 0.6) is 0 Å². The minimum Gasteiger partial charge on any atom is -0.394 e. The van der Waals surface area contributed by atoms with Crippen molar-refractivity contribution in [2.45, 2.75) is 18.4 Å². The van der Waals surface area contributed by atoms with Crippen LogP contribution in [0.15, 0.2) is 42.9 Å². The molecule has 7 nitrogen and oxygen atoms in total. The number of aromatic nitrogens is 4. The third-order valence-corrected chi connectivity index (χ3v) is 4.72. The summed E-state index contributed by atoms with van der Waals surface area (Å²) in [5.74, 6) is 0.877. The Morgan fingerprint density at radius 1 is 1.12 bits per heavy atom. The molecule has 1 aromatic carbocycles. The van der Waals surface area contributed by atoms with Gasteiger partial charge in [-0.15, -0.1) is 0 Å². The highest BCUT2D eigenvalue weighted by atomic mass is 16.3. The number of anilines is 1. The first kappa shape index (κ1) is 15.0. The Morgan fingerprint density at radius 2 is 1.88 bits per heavy atom. The largest absolute Gasteiger partial charge is 0.394 e. The molecule has 1 aliphatic heterocycles. The van der Waals surface area contributed by atoms with Gasteiger partial charge in [-0.25, -0.2) is 14.6 Å². The summed E-state index contributed by atoms with van der Waals surface area (Å²) in [6.07, 6.45) is 4.87. The van der Waals surface area contributed by atoms with Crippen LogP contribution < -0.4 is 10.6 Å². The van der Waals surface area contributed by atoms with Crippen molar-refractivity contribution in [1.82, 2.24) is 19.7 Å². The van der Waals surface area contributed by atoms with Crippen molar-refractivity contribution in [2.75, 3.05) is 24.6 Å². The molecule has 3 aromatic rings. The molecule has 2 aromatic heterocycles. The third-order valence-electron chi connectivity index (χ3n) is 4.72. The normalized spacial score (nSPS) is 17.3. The van der Waals surface area contributed by atoms with Gasteiger partial charge in [-0.05, 0) is 25.0 Å². The number of hydrogen-bond donors (Lipinski definition) is 2. The summed E-state index contributed by atoms with van der Waals surface area (Å²) in [6, 6.07) is 9.93. The standard InChI is InChI=1S/C17H20N6O/c18-17(11-24)6-8-22(9-7-17)15-14-10-21-23(16(14)20-12-19-15)13-4-2-1-3-5-13/h1-5,10,12,24H,6-9,11,18H2. The van der Waals surface area contributed by atoms with Crippen molar-refractivity contribution in [2.24, 2.45) is 5.73 Å². The Hall–Kier alpha value is -2.51. The number of fused-ring (bicyclic) bond motifs is 1. The van der Waals surface area contributed by atoms with Crippen molar-refractivity contribution in [1.29, 1.82) is 0 Å². The lowest BCUT2D eigenvalue weighted by Gasteiger charge is -2.38. The Kier molecular flexibility index (Phi) is 3.66. The predicted molar refractivity (Wildman–Crippen MR) is 92.1 cm³/mol. The summed E-state index contributed by atoms with van der Waals surface area (Å²) in [6.45, 7) is 1.55. The molecule has 0 saturated carbocycles. The zero-order chi connectivity index (χ0) is 16.6. The van der Waals surface area contributed by atoms with Gasteiger partial charge in [0.1, 0.15) is 12.1 Å². The Bertz CT molecular complexity index is 839. The summed E-state index contributed by atoms with van der Waals surface area (Å²) in [5.41, 5.74) is 7.45. The maximum atomic E-state index is 9.43. The molecule has 0 amide bonds. The molecule has 0 bridgehead atoms. The average Bonchev–Trinajstić information content (AvgIpc) is 3.07. The van der Waals surface area contributed by atoms with Crippen LogP contribution in [0.1, 0.15) is 12.8 Å². The molecule has 124 valence electrons. The first-order valence-electron chi connectivity index (χ1n) is 8.09. The number of piperidine rings is 1. The average molecular weight is 324 g/mol. The maximum Gasteiger partial charge on any atom is 0.168 e. The molecule has 0 spiro atoms. The molecule has 1 aliphatic rings. The van der Waals surface area contributed by atoms with E-state index in [1.807, 2.05) is 41.2 Å². The molecule has 7 heteroatoms. The number of nitrogens with zero attached hydrogens (tertiary/aromatic N) is 5. The summed E-state index contributed by atoms with van der Waals surface area (Å²) in [7, 11) is 0. The number of hydrogen-bond acceptors (Lipinski definition) is 6. The van der Waals surface area contributed by atoms with E-state index in [1.165, 1.54) is 0 Å². The van der Waals surface area contributed by atoms with E-state index in [9.17, 15) is 5.11 Å². The number of rotatable bonds is 3. The number of benzene rings is 1. The van der Waals surface area contributed by atoms with Crippen LogP contribution in [0, 0.1) is 0 Å². The lowest BCUT2D eigenvalue weighted by molar-refractivity contribution is 0.170. The van der Waals surface area contributed by atoms with Gasteiger partial charge in [-0.2, -0.15) is 5.10 Å². The van der Waals surface area contributed by atoms with Crippen LogP contribution in [0.2, 0.25) is 0 Å². The fraction of sp³-hybridized carbons (Fsp3) is 0.353. The molecular formula is C17H20N6O. The molecular weight excluding hydrogens is 304 g/mol. The van der Waals surface area contributed by atoms with Crippen molar-refractivity contribution < 1.29 is 5.11 Å². The predicted octanol–water partition coefficient (Wildman–Crippen LogP) is 1.11. The van der Waals surface area contributed by atoms with Crippen LogP contribution in [0.3, 0.4) is 0 Å². The van der Waals surface area contributed by atoms with Gasteiger partial charge in [0.15, 0.2) is 5.65 Å². The zero-order valence-corrected chi connectivity index (χ0v) is 13.3. The molecule has 3 heterocycles. The van der Waals surface area contributed by atoms with E-state index < -0.39 is 5.54 Å². The minimum absolute atomic E-state index is 0.0198. The topological polar surface area (TPSA) is 93.1 Å². The Balaban J connectivity index is 1.70. The first-order valence-corrected chi connectivity index (χ1v) is 8.09. The van der Waals surface area contributed by atoms with Crippen LogP contribution in [-0.2, 0) is 0 Å². The maximum absolute atomic E-state index is 9.43. The van der Waals surface area contributed by atoms with Crippen LogP contribution in [0.25, 0.3) is 16.7 Å². The number of para-hydroxylation sites is 1. The second kappa shape index (κ2) is 5.85. The van der Waals surface area contributed by atoms with E-state index in [1.54, 1.807) is 6.33 Å². The molecule has 0 unspecified atom stereocenters. The highest BCUT2D eigenvalue weighted by molar-refractivity contribution is 5.87.